The van der Waals surface area contributed by atoms with Gasteiger partial charge in [0.05, 0.1) is 19.4 Å². The van der Waals surface area contributed by atoms with Crippen molar-refractivity contribution in [2.45, 2.75) is 32.7 Å². The summed E-state index contributed by atoms with van der Waals surface area (Å²) in [5.74, 6) is 2.39. The molecule has 1 amide bonds. The van der Waals surface area contributed by atoms with Crippen molar-refractivity contribution in [2.24, 2.45) is 0 Å². The minimum atomic E-state index is 0.280. The first kappa shape index (κ1) is 27.0. The number of rotatable bonds is 5. The van der Waals surface area contributed by atoms with Crippen molar-refractivity contribution in [3.05, 3.63) is 30.7 Å². The molecule has 0 aromatic carbocycles. The summed E-state index contributed by atoms with van der Waals surface area (Å²) < 4.78 is 12.2. The van der Waals surface area contributed by atoms with Crippen molar-refractivity contribution in [3.8, 4) is 0 Å². The summed E-state index contributed by atoms with van der Waals surface area (Å²) in [5.41, 5.74) is 0.855. The van der Waals surface area contributed by atoms with E-state index in [1.807, 2.05) is 36.6 Å². The summed E-state index contributed by atoms with van der Waals surface area (Å²) in [4.78, 5) is 20.8. The van der Waals surface area contributed by atoms with E-state index in [1.165, 1.54) is 12.8 Å². The molecule has 2 fully saturated rings. The lowest BCUT2D eigenvalue weighted by molar-refractivity contribution is -0.109. The van der Waals surface area contributed by atoms with Crippen molar-refractivity contribution in [2.75, 3.05) is 56.8 Å². The number of aromatic amines is 1. The number of aliphatic hydroxyl groups is 1. The summed E-state index contributed by atoms with van der Waals surface area (Å²) in [7, 11) is 1.00. The first-order chi connectivity index (χ1) is 16.7. The van der Waals surface area contributed by atoms with Gasteiger partial charge in [-0.2, -0.15) is 10.1 Å². The number of hydrogen-bond acceptors (Lipinski definition) is 9. The molecule has 3 aromatic heterocycles. The third-order valence-electron chi connectivity index (χ3n) is 4.69. The van der Waals surface area contributed by atoms with E-state index in [4.69, 9.17) is 19.6 Å². The lowest BCUT2D eigenvalue weighted by atomic mass is 10.4. The van der Waals surface area contributed by atoms with Crippen LogP contribution >= 0.6 is 0 Å². The van der Waals surface area contributed by atoms with Gasteiger partial charge in [-0.25, -0.2) is 4.98 Å². The van der Waals surface area contributed by atoms with Crippen LogP contribution < -0.4 is 15.5 Å². The van der Waals surface area contributed by atoms with Crippen molar-refractivity contribution in [1.29, 1.82) is 0 Å². The SMILES string of the molecule is C1CCOC1.CC(C)NC=O.CO.c1cc(Nc2nc(N3CCOCC3)cc3nccn23)[nH]n1. The number of carbonyl (C=O) groups excluding carboxylic acids is 1. The Morgan fingerprint density at radius 1 is 1.12 bits per heavy atom. The standard InChI is InChI=1S/C13H15N7O.C4H9NO.C4H8O.CH4O/c1-2-15-18-10(1)16-13-17-12(19-5-7-21-8-6-19)9-11-14-3-4-20(11)13;1-4(2)5-3-6;1-2-4-5-3-1;1-2/h1-4,9H,5-8H2,(H2,15,16,17,18);3-4H,1-2H3,(H,5,6);1-4H2;2H,1H3. The van der Waals surface area contributed by atoms with E-state index in [0.717, 1.165) is 63.9 Å². The number of anilines is 3. The van der Waals surface area contributed by atoms with E-state index in [0.29, 0.717) is 12.4 Å². The summed E-state index contributed by atoms with van der Waals surface area (Å²) >= 11 is 0. The molecule has 0 aliphatic carbocycles. The maximum Gasteiger partial charge on any atom is 0.216 e. The number of amides is 1. The fraction of sp³-hybridized carbons (Fsp3) is 0.545. The highest BCUT2D eigenvalue weighted by atomic mass is 16.5. The molecule has 2 saturated heterocycles. The van der Waals surface area contributed by atoms with E-state index >= 15 is 0 Å². The van der Waals surface area contributed by atoms with Gasteiger partial charge in [0.1, 0.15) is 17.3 Å². The summed E-state index contributed by atoms with van der Waals surface area (Å²) in [5, 5.41) is 19.6. The number of carbonyl (C=O) groups is 1. The number of H-pyrrole nitrogens is 1. The second kappa shape index (κ2) is 15.6. The van der Waals surface area contributed by atoms with Crippen molar-refractivity contribution in [1.82, 2.24) is 29.9 Å². The van der Waals surface area contributed by atoms with Crippen LogP contribution in [0, 0.1) is 0 Å². The van der Waals surface area contributed by atoms with Gasteiger partial charge in [-0.3, -0.25) is 14.3 Å². The van der Waals surface area contributed by atoms with Gasteiger partial charge in [-0.1, -0.05) is 0 Å². The number of nitrogens with one attached hydrogen (secondary N) is 3. The third kappa shape index (κ3) is 8.96. The summed E-state index contributed by atoms with van der Waals surface area (Å²) in [6.45, 7) is 8.96. The molecule has 2 aliphatic heterocycles. The Balaban J connectivity index is 0.000000260. The number of nitrogens with zero attached hydrogens (tertiary/aromatic N) is 5. The highest BCUT2D eigenvalue weighted by Gasteiger charge is 2.15. The second-order valence-electron chi connectivity index (χ2n) is 7.55. The lowest BCUT2D eigenvalue weighted by Crippen LogP contribution is -2.36. The smallest absolute Gasteiger partial charge is 0.216 e. The zero-order valence-electron chi connectivity index (χ0n) is 20.1. The minimum Gasteiger partial charge on any atom is -0.400 e. The summed E-state index contributed by atoms with van der Waals surface area (Å²) in [6, 6.07) is 4.12. The Hall–Kier alpha value is -3.22. The molecule has 5 heterocycles. The van der Waals surface area contributed by atoms with Gasteiger partial charge in [0.25, 0.3) is 0 Å². The van der Waals surface area contributed by atoms with Crippen LogP contribution in [0.25, 0.3) is 5.65 Å². The van der Waals surface area contributed by atoms with Crippen LogP contribution in [0.4, 0.5) is 17.6 Å². The number of ether oxygens (including phenoxy) is 2. The number of aliphatic hydroxyl groups excluding tert-OH is 1. The van der Waals surface area contributed by atoms with Gasteiger partial charge in [0.15, 0.2) is 0 Å². The molecule has 12 nitrogen and oxygen atoms in total. The molecule has 0 saturated carbocycles. The molecule has 2 aliphatic rings. The van der Waals surface area contributed by atoms with Gasteiger partial charge >= 0.3 is 0 Å². The van der Waals surface area contributed by atoms with Gasteiger partial charge in [0.2, 0.25) is 12.4 Å². The summed E-state index contributed by atoms with van der Waals surface area (Å²) in [6.07, 6.45) is 8.59. The molecule has 0 unspecified atom stereocenters. The van der Waals surface area contributed by atoms with Crippen LogP contribution in [-0.2, 0) is 14.3 Å². The molecule has 0 spiro atoms. The Labute approximate surface area is 199 Å². The highest BCUT2D eigenvalue weighted by Crippen LogP contribution is 2.21. The molecule has 34 heavy (non-hydrogen) atoms. The fourth-order valence-electron chi connectivity index (χ4n) is 3.05. The Kier molecular flexibility index (Phi) is 12.4. The quantitative estimate of drug-likeness (QED) is 0.404. The number of morpholine rings is 1. The Morgan fingerprint density at radius 2 is 1.82 bits per heavy atom. The monoisotopic (exact) mass is 476 g/mol. The van der Waals surface area contributed by atoms with Crippen LogP contribution in [0.3, 0.4) is 0 Å². The molecule has 0 atom stereocenters. The number of fused-ring (bicyclic) bond motifs is 1. The van der Waals surface area contributed by atoms with Crippen LogP contribution in [0.15, 0.2) is 30.7 Å². The van der Waals surface area contributed by atoms with Crippen LogP contribution in [0.1, 0.15) is 26.7 Å². The number of aromatic nitrogens is 5. The molecule has 5 rings (SSSR count). The van der Waals surface area contributed by atoms with Crippen LogP contribution in [0.2, 0.25) is 0 Å². The first-order valence-corrected chi connectivity index (χ1v) is 11.3. The maximum atomic E-state index is 9.50. The van der Waals surface area contributed by atoms with Gasteiger partial charge < -0.3 is 30.1 Å². The van der Waals surface area contributed by atoms with E-state index in [-0.39, 0.29) is 6.04 Å². The van der Waals surface area contributed by atoms with E-state index in [9.17, 15) is 4.79 Å². The normalized spacial score (nSPS) is 14.8. The maximum absolute atomic E-state index is 9.50. The molecule has 188 valence electrons. The number of hydrogen-bond donors (Lipinski definition) is 4. The second-order valence-corrected chi connectivity index (χ2v) is 7.55. The van der Waals surface area contributed by atoms with Gasteiger partial charge in [-0.05, 0) is 26.7 Å². The van der Waals surface area contributed by atoms with Crippen LogP contribution in [-0.4, -0.2) is 88.8 Å². The molecule has 0 bridgehead atoms. The molecular weight excluding hydrogens is 440 g/mol. The molecule has 12 heteroatoms. The first-order valence-electron chi connectivity index (χ1n) is 11.3. The van der Waals surface area contributed by atoms with Crippen molar-refractivity contribution in [3.63, 3.8) is 0 Å². The van der Waals surface area contributed by atoms with Crippen LogP contribution in [0.5, 0.6) is 0 Å². The average molecular weight is 477 g/mol. The average Bonchev–Trinajstić information content (AvgIpc) is 3.66. The minimum absolute atomic E-state index is 0.280. The lowest BCUT2D eigenvalue weighted by Gasteiger charge is -2.28. The zero-order chi connectivity index (χ0) is 24.6. The Bertz CT molecular complexity index is 915. The number of imidazole rings is 1. The Morgan fingerprint density at radius 3 is 2.35 bits per heavy atom. The van der Waals surface area contributed by atoms with E-state index in [1.54, 1.807) is 12.4 Å². The topological polar surface area (TPSA) is 142 Å². The van der Waals surface area contributed by atoms with E-state index in [2.05, 4.69) is 30.7 Å². The molecule has 3 aromatic rings. The van der Waals surface area contributed by atoms with Crippen molar-refractivity contribution >= 4 is 29.6 Å². The largest absolute Gasteiger partial charge is 0.400 e. The third-order valence-corrected chi connectivity index (χ3v) is 4.69. The van der Waals surface area contributed by atoms with Gasteiger partial charge in [-0.15, -0.1) is 0 Å². The van der Waals surface area contributed by atoms with E-state index < -0.39 is 0 Å². The highest BCUT2D eigenvalue weighted by molar-refractivity contribution is 5.60. The molecule has 4 N–H and O–H groups in total. The molecular formula is C22H36N8O4. The molecule has 0 radical (unpaired) electrons. The predicted octanol–water partition coefficient (Wildman–Crippen LogP) is 1.58. The van der Waals surface area contributed by atoms with Gasteiger partial charge in [0, 0.05) is 64.0 Å². The van der Waals surface area contributed by atoms with Crippen molar-refractivity contribution < 1.29 is 19.4 Å². The fourth-order valence-corrected chi connectivity index (χ4v) is 3.05. The zero-order valence-corrected chi connectivity index (χ0v) is 20.1. The predicted molar refractivity (Wildman–Crippen MR) is 130 cm³/mol.